The van der Waals surface area contributed by atoms with E-state index < -0.39 is 0 Å². The van der Waals surface area contributed by atoms with E-state index in [0.717, 1.165) is 34.5 Å². The third-order valence-corrected chi connectivity index (χ3v) is 5.62. The molecule has 2 aliphatic carbocycles. The van der Waals surface area contributed by atoms with Crippen molar-refractivity contribution in [3.63, 3.8) is 0 Å². The van der Waals surface area contributed by atoms with Crippen molar-refractivity contribution in [2.45, 2.75) is 38.6 Å². The molecule has 0 aromatic carbocycles. The zero-order chi connectivity index (χ0) is 17.0. The van der Waals surface area contributed by atoms with Gasteiger partial charge in [-0.2, -0.15) is 0 Å². The maximum absolute atomic E-state index is 6.15. The lowest BCUT2D eigenvalue weighted by Crippen LogP contribution is -2.26. The highest BCUT2D eigenvalue weighted by molar-refractivity contribution is 5.84. The lowest BCUT2D eigenvalue weighted by molar-refractivity contribution is 0.439. The van der Waals surface area contributed by atoms with Crippen molar-refractivity contribution < 1.29 is 0 Å². The summed E-state index contributed by atoms with van der Waals surface area (Å²) in [4.78, 5) is 13.3. The Hall–Kier alpha value is -2.70. The van der Waals surface area contributed by atoms with E-state index in [2.05, 4.69) is 25.4 Å². The first kappa shape index (κ1) is 14.6. The molecule has 7 nitrogen and oxygen atoms in total. The smallest absolute Gasteiger partial charge is 0.166 e. The number of aromatic nitrogens is 5. The van der Waals surface area contributed by atoms with Gasteiger partial charge >= 0.3 is 0 Å². The first-order chi connectivity index (χ1) is 12.2. The Morgan fingerprint density at radius 3 is 2.92 bits per heavy atom. The van der Waals surface area contributed by atoms with Gasteiger partial charge in [-0.25, -0.2) is 19.5 Å². The van der Waals surface area contributed by atoms with E-state index in [-0.39, 0.29) is 0 Å². The fourth-order valence-corrected chi connectivity index (χ4v) is 4.48. The third-order valence-electron chi connectivity index (χ3n) is 5.62. The SMILES string of the molecule is Cc1cnc2c(-c3cc(NC4CC5CCC4C5)ncn3)c(N)nn2c1. The predicted molar refractivity (Wildman–Crippen MR) is 96.0 cm³/mol. The minimum atomic E-state index is 0.433. The molecule has 3 heterocycles. The molecule has 0 saturated heterocycles. The summed E-state index contributed by atoms with van der Waals surface area (Å²) in [6.07, 6.45) is 10.7. The standard InChI is InChI=1S/C18H21N7/c1-10-7-20-18-16(17(19)24-25(18)8-10)14-6-15(22-9-21-14)23-13-5-11-2-3-12(13)4-11/h6-9,11-13H,2-5H2,1H3,(H2,19,24)(H,21,22,23). The first-order valence-corrected chi connectivity index (χ1v) is 8.87. The average Bonchev–Trinajstić information content (AvgIpc) is 3.28. The van der Waals surface area contributed by atoms with Crippen molar-refractivity contribution >= 4 is 17.3 Å². The van der Waals surface area contributed by atoms with Crippen LogP contribution in [0.1, 0.15) is 31.2 Å². The summed E-state index contributed by atoms with van der Waals surface area (Å²) < 4.78 is 1.71. The van der Waals surface area contributed by atoms with Crippen LogP contribution in [0.5, 0.6) is 0 Å². The Bertz CT molecular complexity index is 948. The van der Waals surface area contributed by atoms with Crippen LogP contribution in [0.2, 0.25) is 0 Å². The Balaban J connectivity index is 1.50. The molecule has 2 fully saturated rings. The molecule has 5 rings (SSSR count). The minimum Gasteiger partial charge on any atom is -0.382 e. The summed E-state index contributed by atoms with van der Waals surface area (Å²) >= 11 is 0. The second-order valence-electron chi connectivity index (χ2n) is 7.37. The molecule has 25 heavy (non-hydrogen) atoms. The maximum atomic E-state index is 6.15. The summed E-state index contributed by atoms with van der Waals surface area (Å²) in [7, 11) is 0. The molecule has 0 radical (unpaired) electrons. The van der Waals surface area contributed by atoms with E-state index >= 15 is 0 Å². The largest absolute Gasteiger partial charge is 0.382 e. The van der Waals surface area contributed by atoms with Gasteiger partial charge in [0.05, 0.1) is 11.3 Å². The van der Waals surface area contributed by atoms with Crippen LogP contribution in [0.3, 0.4) is 0 Å². The molecule has 0 amide bonds. The first-order valence-electron chi connectivity index (χ1n) is 8.87. The molecule has 3 aromatic rings. The molecule has 2 saturated carbocycles. The Labute approximate surface area is 145 Å². The molecule has 3 unspecified atom stereocenters. The number of rotatable bonds is 3. The van der Waals surface area contributed by atoms with Gasteiger partial charge in [0.25, 0.3) is 0 Å². The summed E-state index contributed by atoms with van der Waals surface area (Å²) in [5.74, 6) is 2.97. The number of anilines is 2. The quantitative estimate of drug-likeness (QED) is 0.764. The van der Waals surface area contributed by atoms with Crippen molar-refractivity contribution in [2.75, 3.05) is 11.1 Å². The van der Waals surface area contributed by atoms with E-state index in [1.54, 1.807) is 10.8 Å². The maximum Gasteiger partial charge on any atom is 0.166 e. The molecule has 7 heteroatoms. The summed E-state index contributed by atoms with van der Waals surface area (Å²) in [5.41, 5.74) is 9.41. The average molecular weight is 335 g/mol. The van der Waals surface area contributed by atoms with Crippen LogP contribution in [-0.2, 0) is 0 Å². The lowest BCUT2D eigenvalue weighted by Gasteiger charge is -2.23. The van der Waals surface area contributed by atoms with E-state index in [9.17, 15) is 0 Å². The van der Waals surface area contributed by atoms with Gasteiger partial charge in [-0.1, -0.05) is 6.42 Å². The number of fused-ring (bicyclic) bond motifs is 3. The molecule has 0 aliphatic heterocycles. The lowest BCUT2D eigenvalue weighted by atomic mass is 9.95. The fraction of sp³-hybridized carbons (Fsp3) is 0.444. The zero-order valence-electron chi connectivity index (χ0n) is 14.2. The third kappa shape index (κ3) is 2.42. The molecule has 3 N–H and O–H groups in total. The van der Waals surface area contributed by atoms with Crippen molar-refractivity contribution in [3.8, 4) is 11.3 Å². The van der Waals surface area contributed by atoms with Crippen LogP contribution in [0, 0.1) is 18.8 Å². The van der Waals surface area contributed by atoms with Crippen molar-refractivity contribution in [1.29, 1.82) is 0 Å². The van der Waals surface area contributed by atoms with Crippen LogP contribution in [0.15, 0.2) is 24.8 Å². The number of hydrogen-bond donors (Lipinski definition) is 2. The normalized spacial score (nSPS) is 24.9. The number of nitrogens with one attached hydrogen (secondary N) is 1. The molecule has 2 bridgehead atoms. The van der Waals surface area contributed by atoms with Gasteiger partial charge < -0.3 is 11.1 Å². The van der Waals surface area contributed by atoms with Crippen LogP contribution < -0.4 is 11.1 Å². The number of hydrogen-bond acceptors (Lipinski definition) is 6. The molecule has 2 aliphatic rings. The molecular weight excluding hydrogens is 314 g/mol. The van der Waals surface area contributed by atoms with Crippen molar-refractivity contribution in [3.05, 3.63) is 30.4 Å². The highest BCUT2D eigenvalue weighted by Crippen LogP contribution is 2.45. The number of nitrogens with two attached hydrogens (primary N) is 1. The van der Waals surface area contributed by atoms with Crippen LogP contribution in [-0.4, -0.2) is 30.6 Å². The van der Waals surface area contributed by atoms with Crippen molar-refractivity contribution in [2.24, 2.45) is 11.8 Å². The van der Waals surface area contributed by atoms with Crippen LogP contribution in [0.25, 0.3) is 16.9 Å². The van der Waals surface area contributed by atoms with Gasteiger partial charge in [-0.3, -0.25) is 0 Å². The molecule has 128 valence electrons. The Kier molecular flexibility index (Phi) is 3.16. The summed E-state index contributed by atoms with van der Waals surface area (Å²) in [6.45, 7) is 1.98. The minimum absolute atomic E-state index is 0.433. The number of nitrogens with zero attached hydrogens (tertiary/aromatic N) is 5. The van der Waals surface area contributed by atoms with E-state index in [4.69, 9.17) is 5.73 Å². The molecule has 0 spiro atoms. The van der Waals surface area contributed by atoms with Gasteiger partial charge in [0.1, 0.15) is 12.1 Å². The molecular formula is C18H21N7. The Morgan fingerprint density at radius 1 is 1.20 bits per heavy atom. The van der Waals surface area contributed by atoms with E-state index in [1.165, 1.54) is 25.7 Å². The number of aryl methyl sites for hydroxylation is 1. The fourth-order valence-electron chi connectivity index (χ4n) is 4.48. The Morgan fingerprint density at radius 2 is 2.12 bits per heavy atom. The monoisotopic (exact) mass is 335 g/mol. The predicted octanol–water partition coefficient (Wildman–Crippen LogP) is 2.68. The summed E-state index contributed by atoms with van der Waals surface area (Å²) in [6, 6.07) is 2.49. The second kappa shape index (κ2) is 5.40. The topological polar surface area (TPSA) is 94.0 Å². The molecule has 3 atom stereocenters. The van der Waals surface area contributed by atoms with Crippen molar-refractivity contribution in [1.82, 2.24) is 24.6 Å². The van der Waals surface area contributed by atoms with Gasteiger partial charge in [0.2, 0.25) is 0 Å². The highest BCUT2D eigenvalue weighted by atomic mass is 15.3. The zero-order valence-corrected chi connectivity index (χ0v) is 14.2. The van der Waals surface area contributed by atoms with Gasteiger partial charge in [-0.05, 0) is 43.6 Å². The summed E-state index contributed by atoms with van der Waals surface area (Å²) in [5, 5.41) is 7.98. The van der Waals surface area contributed by atoms with Crippen LogP contribution >= 0.6 is 0 Å². The molecule has 3 aromatic heterocycles. The van der Waals surface area contributed by atoms with Gasteiger partial charge in [0, 0.05) is 24.5 Å². The highest BCUT2D eigenvalue weighted by Gasteiger charge is 2.39. The van der Waals surface area contributed by atoms with Gasteiger partial charge in [-0.15, -0.1) is 5.10 Å². The second-order valence-corrected chi connectivity index (χ2v) is 7.37. The van der Waals surface area contributed by atoms with Crippen LogP contribution in [0.4, 0.5) is 11.6 Å². The van der Waals surface area contributed by atoms with Gasteiger partial charge in [0.15, 0.2) is 11.5 Å². The van der Waals surface area contributed by atoms with E-state index in [0.29, 0.717) is 17.5 Å². The number of nitrogen functional groups attached to an aromatic ring is 1. The van der Waals surface area contributed by atoms with E-state index in [1.807, 2.05) is 25.4 Å².